The van der Waals surface area contributed by atoms with Crippen molar-refractivity contribution in [2.45, 2.75) is 0 Å². The van der Waals surface area contributed by atoms with Crippen molar-refractivity contribution in [1.29, 1.82) is 0 Å². The van der Waals surface area contributed by atoms with Gasteiger partial charge in [0.1, 0.15) is 5.82 Å². The SMILES string of the molecule is O=C1/C(=C\c2ccc(-c3ccccc3)cc2)SC(=S)N1c1ccc(F)cc1. The van der Waals surface area contributed by atoms with Crippen LogP contribution in [0.2, 0.25) is 0 Å². The molecule has 1 heterocycles. The highest BCUT2D eigenvalue weighted by molar-refractivity contribution is 8.27. The Balaban J connectivity index is 1.58. The van der Waals surface area contributed by atoms with E-state index in [9.17, 15) is 9.18 Å². The van der Waals surface area contributed by atoms with Crippen LogP contribution < -0.4 is 4.90 Å². The quantitative estimate of drug-likeness (QED) is 0.410. The number of amides is 1. The second-order valence-electron chi connectivity index (χ2n) is 5.98. The molecule has 0 N–H and O–H groups in total. The number of hydrogen-bond acceptors (Lipinski definition) is 3. The van der Waals surface area contributed by atoms with Gasteiger partial charge in [0.15, 0.2) is 4.32 Å². The first kappa shape index (κ1) is 17.6. The maximum atomic E-state index is 13.1. The van der Waals surface area contributed by atoms with Crippen molar-refractivity contribution >= 4 is 46.0 Å². The van der Waals surface area contributed by atoms with Crippen LogP contribution in [-0.4, -0.2) is 10.2 Å². The first-order chi connectivity index (χ1) is 13.1. The Hall–Kier alpha value is -2.76. The lowest BCUT2D eigenvalue weighted by atomic mass is 10.0. The first-order valence-electron chi connectivity index (χ1n) is 8.31. The lowest BCUT2D eigenvalue weighted by Crippen LogP contribution is -2.27. The number of rotatable bonds is 3. The van der Waals surface area contributed by atoms with E-state index in [2.05, 4.69) is 12.1 Å². The summed E-state index contributed by atoms with van der Waals surface area (Å²) >= 11 is 6.60. The fourth-order valence-electron chi connectivity index (χ4n) is 2.83. The smallest absolute Gasteiger partial charge is 0.268 e. The van der Waals surface area contributed by atoms with Crippen LogP contribution in [0.4, 0.5) is 10.1 Å². The molecule has 4 rings (SSSR count). The number of thiocarbonyl (C=S) groups is 1. The number of halogens is 1. The summed E-state index contributed by atoms with van der Waals surface area (Å²) in [6.07, 6.45) is 1.83. The number of anilines is 1. The van der Waals surface area contributed by atoms with E-state index in [1.54, 1.807) is 12.1 Å². The van der Waals surface area contributed by atoms with Gasteiger partial charge in [-0.2, -0.15) is 0 Å². The number of carbonyl (C=O) groups is 1. The predicted octanol–water partition coefficient (Wildman–Crippen LogP) is 5.90. The molecule has 1 aliphatic rings. The lowest BCUT2D eigenvalue weighted by Gasteiger charge is -2.14. The molecule has 1 aliphatic heterocycles. The average molecular weight is 391 g/mol. The largest absolute Gasteiger partial charge is 0.270 e. The molecule has 0 aromatic heterocycles. The summed E-state index contributed by atoms with van der Waals surface area (Å²) in [5.74, 6) is -0.540. The van der Waals surface area contributed by atoms with Gasteiger partial charge in [0.2, 0.25) is 0 Å². The molecule has 0 atom stereocenters. The Bertz CT molecular complexity index is 1030. The maximum Gasteiger partial charge on any atom is 0.270 e. The van der Waals surface area contributed by atoms with Crippen LogP contribution in [0.15, 0.2) is 83.8 Å². The molecule has 3 aromatic rings. The van der Waals surface area contributed by atoms with Crippen LogP contribution in [0.1, 0.15) is 5.56 Å². The van der Waals surface area contributed by atoms with Crippen molar-refractivity contribution in [2.75, 3.05) is 4.90 Å². The van der Waals surface area contributed by atoms with Crippen LogP contribution in [0, 0.1) is 5.82 Å². The fourth-order valence-corrected chi connectivity index (χ4v) is 4.13. The molecule has 0 saturated carbocycles. The van der Waals surface area contributed by atoms with Gasteiger partial charge in [-0.3, -0.25) is 9.69 Å². The van der Waals surface area contributed by atoms with Crippen LogP contribution in [0.25, 0.3) is 17.2 Å². The molecule has 132 valence electrons. The zero-order valence-corrected chi connectivity index (χ0v) is 15.8. The van der Waals surface area contributed by atoms with Gasteiger partial charge in [-0.05, 0) is 47.0 Å². The van der Waals surface area contributed by atoms with Gasteiger partial charge in [-0.15, -0.1) is 0 Å². The molecule has 0 spiro atoms. The topological polar surface area (TPSA) is 20.3 Å². The minimum absolute atomic E-state index is 0.191. The summed E-state index contributed by atoms with van der Waals surface area (Å²) in [4.78, 5) is 14.7. The molecule has 0 aliphatic carbocycles. The van der Waals surface area contributed by atoms with Crippen LogP contribution in [0.3, 0.4) is 0 Å². The summed E-state index contributed by atoms with van der Waals surface area (Å²) < 4.78 is 13.6. The Kier molecular flexibility index (Phi) is 4.88. The van der Waals surface area contributed by atoms with E-state index < -0.39 is 0 Å². The monoisotopic (exact) mass is 391 g/mol. The normalized spacial score (nSPS) is 15.6. The van der Waals surface area contributed by atoms with E-state index in [0.717, 1.165) is 16.7 Å². The fraction of sp³-hybridized carbons (Fsp3) is 0. The van der Waals surface area contributed by atoms with Crippen LogP contribution in [-0.2, 0) is 4.79 Å². The van der Waals surface area contributed by atoms with Crippen molar-refractivity contribution in [3.05, 3.63) is 95.1 Å². The third kappa shape index (κ3) is 3.70. The van der Waals surface area contributed by atoms with Crippen molar-refractivity contribution in [3.8, 4) is 11.1 Å². The van der Waals surface area contributed by atoms with Gasteiger partial charge >= 0.3 is 0 Å². The van der Waals surface area contributed by atoms with E-state index in [0.29, 0.717) is 14.9 Å². The van der Waals surface area contributed by atoms with Gasteiger partial charge < -0.3 is 0 Å². The van der Waals surface area contributed by atoms with Crippen molar-refractivity contribution in [3.63, 3.8) is 0 Å². The highest BCUT2D eigenvalue weighted by Crippen LogP contribution is 2.36. The number of hydrogen-bond donors (Lipinski definition) is 0. The minimum atomic E-state index is -0.349. The van der Waals surface area contributed by atoms with Crippen LogP contribution >= 0.6 is 24.0 Å². The average Bonchev–Trinajstić information content (AvgIpc) is 2.97. The zero-order valence-electron chi connectivity index (χ0n) is 14.1. The van der Waals surface area contributed by atoms with E-state index in [4.69, 9.17) is 12.2 Å². The van der Waals surface area contributed by atoms with Crippen molar-refractivity contribution in [2.24, 2.45) is 0 Å². The molecule has 0 bridgehead atoms. The summed E-state index contributed by atoms with van der Waals surface area (Å²) in [7, 11) is 0. The number of nitrogens with zero attached hydrogens (tertiary/aromatic N) is 1. The molecular formula is C22H14FNOS2. The van der Waals surface area contributed by atoms with E-state index in [-0.39, 0.29) is 11.7 Å². The standard InChI is InChI=1S/C22H14FNOS2/c23-18-10-12-19(13-11-18)24-21(25)20(27-22(24)26)14-15-6-8-17(9-7-15)16-4-2-1-3-5-16/h1-14H/b20-14+. The Morgan fingerprint density at radius 2 is 1.48 bits per heavy atom. The summed E-state index contributed by atoms with van der Waals surface area (Å²) in [5.41, 5.74) is 3.76. The second-order valence-corrected chi connectivity index (χ2v) is 7.66. The van der Waals surface area contributed by atoms with Gasteiger partial charge in [-0.25, -0.2) is 4.39 Å². The number of carbonyl (C=O) groups excluding carboxylic acids is 1. The molecule has 3 aromatic carbocycles. The van der Waals surface area contributed by atoms with E-state index in [1.807, 2.05) is 48.5 Å². The van der Waals surface area contributed by atoms with Crippen LogP contribution in [0.5, 0.6) is 0 Å². The third-order valence-corrected chi connectivity index (χ3v) is 5.50. The van der Waals surface area contributed by atoms with Crippen molar-refractivity contribution in [1.82, 2.24) is 0 Å². The highest BCUT2D eigenvalue weighted by atomic mass is 32.2. The van der Waals surface area contributed by atoms with Crippen molar-refractivity contribution < 1.29 is 9.18 Å². The zero-order chi connectivity index (χ0) is 18.8. The molecule has 5 heteroatoms. The van der Waals surface area contributed by atoms with E-state index >= 15 is 0 Å². The molecule has 27 heavy (non-hydrogen) atoms. The van der Waals surface area contributed by atoms with Gasteiger partial charge in [0.05, 0.1) is 10.6 Å². The first-order valence-corrected chi connectivity index (χ1v) is 9.53. The Labute approximate surface area is 166 Å². The molecule has 1 fully saturated rings. The third-order valence-electron chi connectivity index (χ3n) is 4.19. The van der Waals surface area contributed by atoms with E-state index in [1.165, 1.54) is 28.8 Å². The number of benzene rings is 3. The summed E-state index contributed by atoms with van der Waals surface area (Å²) in [5, 5.41) is 0. The highest BCUT2D eigenvalue weighted by Gasteiger charge is 2.33. The summed E-state index contributed by atoms with van der Waals surface area (Å²) in [6.45, 7) is 0. The molecular weight excluding hydrogens is 377 g/mol. The number of thioether (sulfide) groups is 1. The Morgan fingerprint density at radius 3 is 2.15 bits per heavy atom. The molecule has 0 unspecified atom stereocenters. The molecule has 2 nitrogen and oxygen atoms in total. The molecule has 0 radical (unpaired) electrons. The molecule has 1 saturated heterocycles. The second kappa shape index (κ2) is 7.47. The lowest BCUT2D eigenvalue weighted by molar-refractivity contribution is -0.113. The maximum absolute atomic E-state index is 13.1. The molecule has 1 amide bonds. The van der Waals surface area contributed by atoms with Gasteiger partial charge in [0.25, 0.3) is 5.91 Å². The Morgan fingerprint density at radius 1 is 0.852 bits per heavy atom. The minimum Gasteiger partial charge on any atom is -0.268 e. The predicted molar refractivity (Wildman–Crippen MR) is 114 cm³/mol. The van der Waals surface area contributed by atoms with Gasteiger partial charge in [-0.1, -0.05) is 78.6 Å². The summed E-state index contributed by atoms with van der Waals surface area (Å²) in [6, 6.07) is 23.9. The van der Waals surface area contributed by atoms with Gasteiger partial charge in [0, 0.05) is 0 Å².